The molecular formula is C15H14Br2O5. The Kier molecular flexibility index (Phi) is 7.47. The minimum Gasteiger partial charge on any atom is -0.478 e. The maximum absolute atomic E-state index is 11.8. The van der Waals surface area contributed by atoms with Crippen LogP contribution in [0.15, 0.2) is 33.2 Å². The average Bonchev–Trinajstić information content (AvgIpc) is 2.45. The molecule has 0 atom stereocenters. The lowest BCUT2D eigenvalue weighted by molar-refractivity contribution is -0.134. The highest BCUT2D eigenvalue weighted by atomic mass is 79.9. The van der Waals surface area contributed by atoms with Crippen molar-refractivity contribution >= 4 is 50.1 Å². The van der Waals surface area contributed by atoms with Crippen LogP contribution in [0.25, 0.3) is 0 Å². The van der Waals surface area contributed by atoms with E-state index < -0.39 is 11.9 Å². The average molecular weight is 434 g/mol. The number of hydrogen-bond acceptors (Lipinski definition) is 4. The highest BCUT2D eigenvalue weighted by molar-refractivity contribution is 9.11. The van der Waals surface area contributed by atoms with Gasteiger partial charge in [0, 0.05) is 16.5 Å². The van der Waals surface area contributed by atoms with Crippen molar-refractivity contribution in [2.45, 2.75) is 25.7 Å². The monoisotopic (exact) mass is 432 g/mol. The van der Waals surface area contributed by atoms with Gasteiger partial charge in [0.25, 0.3) is 0 Å². The van der Waals surface area contributed by atoms with Crippen molar-refractivity contribution in [3.8, 4) is 5.75 Å². The molecule has 0 heterocycles. The van der Waals surface area contributed by atoms with Gasteiger partial charge in [0.1, 0.15) is 0 Å². The summed E-state index contributed by atoms with van der Waals surface area (Å²) in [7, 11) is 0. The summed E-state index contributed by atoms with van der Waals surface area (Å²) in [4.78, 5) is 33.4. The predicted molar refractivity (Wildman–Crippen MR) is 88.1 cm³/mol. The number of unbranched alkanes of at least 4 members (excludes halogenated alkanes) is 1. The lowest BCUT2D eigenvalue weighted by Crippen LogP contribution is -2.10. The first kappa shape index (κ1) is 18.6. The summed E-state index contributed by atoms with van der Waals surface area (Å²) in [5.41, 5.74) is 0.376. The Balaban J connectivity index is 2.54. The number of rotatable bonds is 8. The Morgan fingerprint density at radius 3 is 2.45 bits per heavy atom. The van der Waals surface area contributed by atoms with Crippen molar-refractivity contribution in [2.24, 2.45) is 0 Å². The van der Waals surface area contributed by atoms with Gasteiger partial charge in [0.05, 0.1) is 10.0 Å². The lowest BCUT2D eigenvalue weighted by atomic mass is 10.1. The number of carbonyl (C=O) groups is 3. The van der Waals surface area contributed by atoms with Crippen LogP contribution < -0.4 is 4.74 Å². The Hall–Kier alpha value is -1.47. The molecule has 1 aromatic rings. The van der Waals surface area contributed by atoms with Crippen molar-refractivity contribution in [1.82, 2.24) is 0 Å². The molecule has 0 amide bonds. The Morgan fingerprint density at radius 1 is 1.23 bits per heavy atom. The first-order valence-corrected chi connectivity index (χ1v) is 7.99. The quantitative estimate of drug-likeness (QED) is 0.219. The molecule has 0 bridgehead atoms. The van der Waals surface area contributed by atoms with E-state index in [1.165, 1.54) is 0 Å². The van der Waals surface area contributed by atoms with Crippen LogP contribution in [0, 0.1) is 0 Å². The van der Waals surface area contributed by atoms with Gasteiger partial charge in [-0.2, -0.15) is 0 Å². The van der Waals surface area contributed by atoms with Gasteiger partial charge in [-0.15, -0.1) is 0 Å². The van der Waals surface area contributed by atoms with E-state index in [4.69, 9.17) is 9.84 Å². The maximum atomic E-state index is 11.8. The molecule has 0 fully saturated rings. The number of halogens is 2. The highest BCUT2D eigenvalue weighted by Crippen LogP contribution is 2.32. The zero-order chi connectivity index (χ0) is 16.7. The third kappa shape index (κ3) is 5.73. The number of esters is 1. The van der Waals surface area contributed by atoms with E-state index in [1.54, 1.807) is 12.1 Å². The Labute approximate surface area is 144 Å². The molecule has 118 valence electrons. The summed E-state index contributed by atoms with van der Waals surface area (Å²) in [6.45, 7) is 3.42. The van der Waals surface area contributed by atoms with Crippen molar-refractivity contribution in [2.75, 3.05) is 0 Å². The van der Waals surface area contributed by atoms with Crippen molar-refractivity contribution in [3.63, 3.8) is 0 Å². The number of carboxylic acids is 1. The van der Waals surface area contributed by atoms with Gasteiger partial charge in [-0.1, -0.05) is 22.5 Å². The van der Waals surface area contributed by atoms with Gasteiger partial charge in [0.2, 0.25) is 0 Å². The van der Waals surface area contributed by atoms with E-state index >= 15 is 0 Å². The maximum Gasteiger partial charge on any atom is 0.330 e. The molecule has 0 aliphatic carbocycles. The van der Waals surface area contributed by atoms with E-state index in [0.29, 0.717) is 34.5 Å². The molecule has 7 heteroatoms. The summed E-state index contributed by atoms with van der Waals surface area (Å²) < 4.78 is 6.39. The van der Waals surface area contributed by atoms with Gasteiger partial charge in [-0.25, -0.2) is 4.79 Å². The van der Waals surface area contributed by atoms with E-state index in [-0.39, 0.29) is 23.3 Å². The van der Waals surface area contributed by atoms with Crippen LogP contribution in [0.1, 0.15) is 36.0 Å². The molecule has 0 aliphatic heterocycles. The molecule has 1 N–H and O–H groups in total. The van der Waals surface area contributed by atoms with Gasteiger partial charge >= 0.3 is 11.9 Å². The van der Waals surface area contributed by atoms with Crippen molar-refractivity contribution in [3.05, 3.63) is 38.8 Å². The van der Waals surface area contributed by atoms with Gasteiger partial charge < -0.3 is 9.84 Å². The van der Waals surface area contributed by atoms with Gasteiger partial charge in [-0.05, 0) is 47.3 Å². The van der Waals surface area contributed by atoms with E-state index in [0.717, 1.165) is 0 Å². The number of aldehydes is 1. The third-order valence-corrected chi connectivity index (χ3v) is 3.84. The van der Waals surface area contributed by atoms with Crippen molar-refractivity contribution < 1.29 is 24.2 Å². The van der Waals surface area contributed by atoms with E-state index in [1.807, 2.05) is 0 Å². The van der Waals surface area contributed by atoms with Crippen LogP contribution in [-0.4, -0.2) is 23.3 Å². The Morgan fingerprint density at radius 2 is 1.86 bits per heavy atom. The smallest absolute Gasteiger partial charge is 0.330 e. The van der Waals surface area contributed by atoms with E-state index in [9.17, 15) is 14.4 Å². The molecule has 0 unspecified atom stereocenters. The second-order valence-electron chi connectivity index (χ2n) is 4.51. The molecule has 0 spiro atoms. The fourth-order valence-corrected chi connectivity index (χ4v) is 2.99. The summed E-state index contributed by atoms with van der Waals surface area (Å²) >= 11 is 6.49. The second kappa shape index (κ2) is 8.85. The van der Waals surface area contributed by atoms with Crippen LogP contribution in [0.2, 0.25) is 0 Å². The normalized spacial score (nSPS) is 10.1. The zero-order valence-electron chi connectivity index (χ0n) is 11.6. The van der Waals surface area contributed by atoms with Gasteiger partial charge in [-0.3, -0.25) is 9.59 Å². The molecule has 22 heavy (non-hydrogen) atoms. The van der Waals surface area contributed by atoms with Crippen LogP contribution >= 0.6 is 31.9 Å². The number of carboxylic acid groups (broad SMARTS) is 1. The topological polar surface area (TPSA) is 80.7 Å². The molecule has 0 aliphatic rings. The first-order valence-electron chi connectivity index (χ1n) is 6.41. The number of ether oxygens (including phenoxy) is 1. The van der Waals surface area contributed by atoms with Crippen LogP contribution in [0.4, 0.5) is 0 Å². The number of hydrogen-bond donors (Lipinski definition) is 1. The minimum absolute atomic E-state index is 0.118. The summed E-state index contributed by atoms with van der Waals surface area (Å²) in [6, 6.07) is 3.23. The summed E-state index contributed by atoms with van der Waals surface area (Å²) in [6.07, 6.45) is 2.07. The highest BCUT2D eigenvalue weighted by Gasteiger charge is 2.14. The molecule has 1 aromatic carbocycles. The molecule has 0 aromatic heterocycles. The summed E-state index contributed by atoms with van der Waals surface area (Å²) in [5.74, 6) is -1.33. The predicted octanol–water partition coefficient (Wildman–Crippen LogP) is 4.13. The third-order valence-electron chi connectivity index (χ3n) is 2.79. The SMILES string of the molecule is C=C(CCCCC(=O)Oc1c(Br)cc(Br)cc1C=O)C(=O)O. The molecule has 0 saturated carbocycles. The standard InChI is InChI=1S/C15H14Br2O5/c1-9(15(20)21)4-2-3-5-13(19)22-14-10(8-18)6-11(16)7-12(14)17/h6-8H,1-5H2,(H,20,21). The minimum atomic E-state index is -1.03. The molecule has 0 radical (unpaired) electrons. The lowest BCUT2D eigenvalue weighted by Gasteiger charge is -2.09. The molecule has 5 nitrogen and oxygen atoms in total. The molecule has 0 saturated heterocycles. The fourth-order valence-electron chi connectivity index (χ4n) is 1.66. The Bertz CT molecular complexity index is 610. The van der Waals surface area contributed by atoms with Crippen LogP contribution in [0.3, 0.4) is 0 Å². The number of benzene rings is 1. The molecular weight excluding hydrogens is 420 g/mol. The second-order valence-corrected chi connectivity index (χ2v) is 6.28. The zero-order valence-corrected chi connectivity index (χ0v) is 14.8. The number of aliphatic carboxylic acids is 1. The van der Waals surface area contributed by atoms with Gasteiger partial charge in [0.15, 0.2) is 12.0 Å². The van der Waals surface area contributed by atoms with Crippen molar-refractivity contribution in [1.29, 1.82) is 0 Å². The largest absolute Gasteiger partial charge is 0.478 e. The van der Waals surface area contributed by atoms with Crippen LogP contribution in [0.5, 0.6) is 5.75 Å². The van der Waals surface area contributed by atoms with Crippen LogP contribution in [-0.2, 0) is 9.59 Å². The molecule has 1 rings (SSSR count). The summed E-state index contributed by atoms with van der Waals surface area (Å²) in [5, 5.41) is 8.66. The number of carbonyl (C=O) groups excluding carboxylic acids is 2. The first-order chi connectivity index (χ1) is 10.3. The fraction of sp³-hybridized carbons (Fsp3) is 0.267. The van der Waals surface area contributed by atoms with E-state index in [2.05, 4.69) is 38.4 Å².